The average molecular weight is 344 g/mol. The van der Waals surface area contributed by atoms with Crippen LogP contribution >= 0.6 is 0 Å². The van der Waals surface area contributed by atoms with Gasteiger partial charge in [-0.2, -0.15) is 0 Å². The van der Waals surface area contributed by atoms with Gasteiger partial charge in [0.05, 0.1) is 5.92 Å². The number of benzene rings is 1. The molecule has 5 heteroatoms. The molecule has 1 aromatic rings. The summed E-state index contributed by atoms with van der Waals surface area (Å²) in [5, 5.41) is 0. The zero-order valence-electron chi connectivity index (χ0n) is 14.5. The third-order valence-electron chi connectivity index (χ3n) is 5.88. The summed E-state index contributed by atoms with van der Waals surface area (Å²) in [4.78, 5) is 29.3. The van der Waals surface area contributed by atoms with Crippen molar-refractivity contribution in [2.24, 2.45) is 11.8 Å². The molecule has 1 aromatic carbocycles. The molecule has 2 heterocycles. The van der Waals surface area contributed by atoms with Gasteiger partial charge in [0.1, 0.15) is 5.82 Å². The van der Waals surface area contributed by atoms with Gasteiger partial charge in [-0.05, 0) is 55.7 Å². The van der Waals surface area contributed by atoms with Crippen LogP contribution in [-0.2, 0) is 9.59 Å². The van der Waals surface area contributed by atoms with Crippen molar-refractivity contribution in [3.05, 3.63) is 35.6 Å². The van der Waals surface area contributed by atoms with E-state index in [1.165, 1.54) is 12.1 Å². The number of carbonyl (C=O) groups is 2. The van der Waals surface area contributed by atoms with Crippen LogP contribution in [0.15, 0.2) is 24.3 Å². The fourth-order valence-electron chi connectivity index (χ4n) is 4.38. The van der Waals surface area contributed by atoms with E-state index < -0.39 is 0 Å². The summed E-state index contributed by atoms with van der Waals surface area (Å²) in [7, 11) is 0. The van der Waals surface area contributed by atoms with E-state index in [0.29, 0.717) is 6.54 Å². The molecule has 1 saturated carbocycles. The third kappa shape index (κ3) is 3.42. The van der Waals surface area contributed by atoms with Crippen molar-refractivity contribution >= 4 is 11.8 Å². The number of amides is 2. The van der Waals surface area contributed by atoms with Gasteiger partial charge in [-0.3, -0.25) is 9.59 Å². The zero-order valence-corrected chi connectivity index (χ0v) is 14.5. The molecule has 1 aliphatic carbocycles. The smallest absolute Gasteiger partial charge is 0.227 e. The highest BCUT2D eigenvalue weighted by atomic mass is 19.1. The van der Waals surface area contributed by atoms with Gasteiger partial charge in [-0.15, -0.1) is 0 Å². The van der Waals surface area contributed by atoms with E-state index in [2.05, 4.69) is 0 Å². The van der Waals surface area contributed by atoms with Crippen molar-refractivity contribution in [2.75, 3.05) is 26.2 Å². The Morgan fingerprint density at radius 2 is 1.76 bits per heavy atom. The lowest BCUT2D eigenvalue weighted by Gasteiger charge is -2.34. The van der Waals surface area contributed by atoms with Crippen molar-refractivity contribution in [3.63, 3.8) is 0 Å². The summed E-state index contributed by atoms with van der Waals surface area (Å²) < 4.78 is 13.4. The molecule has 0 spiro atoms. The molecule has 2 saturated heterocycles. The summed E-state index contributed by atoms with van der Waals surface area (Å²) in [5.74, 6) is 0.188. The van der Waals surface area contributed by atoms with E-state index in [9.17, 15) is 14.0 Å². The second-order valence-electron chi connectivity index (χ2n) is 7.66. The molecule has 0 radical (unpaired) electrons. The second kappa shape index (κ2) is 6.77. The van der Waals surface area contributed by atoms with Crippen LogP contribution in [0.5, 0.6) is 0 Å². The maximum atomic E-state index is 13.4. The Morgan fingerprint density at radius 3 is 2.52 bits per heavy atom. The predicted molar refractivity (Wildman–Crippen MR) is 92.4 cm³/mol. The van der Waals surface area contributed by atoms with Crippen LogP contribution in [0.4, 0.5) is 4.39 Å². The highest BCUT2D eigenvalue weighted by Crippen LogP contribution is 2.48. The van der Waals surface area contributed by atoms with Gasteiger partial charge >= 0.3 is 0 Å². The zero-order chi connectivity index (χ0) is 17.4. The van der Waals surface area contributed by atoms with Crippen LogP contribution in [0.3, 0.4) is 0 Å². The van der Waals surface area contributed by atoms with Gasteiger partial charge < -0.3 is 9.80 Å². The first-order valence-electron chi connectivity index (χ1n) is 9.46. The number of rotatable bonds is 3. The number of halogens is 1. The van der Waals surface area contributed by atoms with E-state index in [-0.39, 0.29) is 35.4 Å². The first-order chi connectivity index (χ1) is 12.1. The SMILES string of the molecule is O=C([C@@H]1CCCN(C(=O)[C@@H]2C[C@H]2c2cccc(F)c2)C1)N1CCCC1. The van der Waals surface area contributed by atoms with Crippen LogP contribution in [0.25, 0.3) is 0 Å². The summed E-state index contributed by atoms with van der Waals surface area (Å²) >= 11 is 0. The van der Waals surface area contributed by atoms with E-state index in [1.807, 2.05) is 15.9 Å². The minimum absolute atomic E-state index is 0.0394. The summed E-state index contributed by atoms with van der Waals surface area (Å²) in [6, 6.07) is 6.57. The molecular formula is C20H25FN2O2. The maximum absolute atomic E-state index is 13.4. The van der Waals surface area contributed by atoms with Gasteiger partial charge in [-0.25, -0.2) is 4.39 Å². The van der Waals surface area contributed by atoms with E-state index >= 15 is 0 Å². The van der Waals surface area contributed by atoms with Crippen LogP contribution < -0.4 is 0 Å². The topological polar surface area (TPSA) is 40.6 Å². The number of hydrogen-bond donors (Lipinski definition) is 0. The summed E-state index contributed by atoms with van der Waals surface area (Å²) in [6.07, 6.45) is 4.77. The number of nitrogens with zero attached hydrogens (tertiary/aromatic N) is 2. The monoisotopic (exact) mass is 344 g/mol. The molecule has 3 aliphatic rings. The Hall–Kier alpha value is -1.91. The molecule has 3 fully saturated rings. The Balaban J connectivity index is 1.37. The normalized spacial score (nSPS) is 28.9. The lowest BCUT2D eigenvalue weighted by Crippen LogP contribution is -2.46. The molecule has 0 N–H and O–H groups in total. The van der Waals surface area contributed by atoms with Crippen molar-refractivity contribution in [1.82, 2.24) is 9.80 Å². The quantitative estimate of drug-likeness (QED) is 0.846. The molecule has 134 valence electrons. The summed E-state index contributed by atoms with van der Waals surface area (Å²) in [5.41, 5.74) is 0.917. The average Bonchev–Trinajstić information content (AvgIpc) is 3.25. The van der Waals surface area contributed by atoms with Crippen LogP contribution in [0.1, 0.15) is 43.6 Å². The standard InChI is InChI=1S/C20H25FN2O2/c21-16-7-3-5-14(11-16)17-12-18(17)20(25)23-10-4-6-15(13-23)19(24)22-8-1-2-9-22/h3,5,7,11,15,17-18H,1-2,4,6,8-10,12-13H2/t15-,17+,18-/m1/s1. The summed E-state index contributed by atoms with van der Waals surface area (Å²) in [6.45, 7) is 3.04. The lowest BCUT2D eigenvalue weighted by molar-refractivity contribution is -0.140. The van der Waals surface area contributed by atoms with Gasteiger partial charge in [0.15, 0.2) is 0 Å². The van der Waals surface area contributed by atoms with Crippen LogP contribution in [0.2, 0.25) is 0 Å². The molecule has 0 unspecified atom stereocenters. The molecule has 4 nitrogen and oxygen atoms in total. The Bertz CT molecular complexity index is 671. The van der Waals surface area contributed by atoms with Crippen LogP contribution in [0, 0.1) is 17.7 Å². The van der Waals surface area contributed by atoms with Crippen molar-refractivity contribution < 1.29 is 14.0 Å². The first-order valence-corrected chi connectivity index (χ1v) is 9.46. The van der Waals surface area contributed by atoms with Crippen molar-refractivity contribution in [3.8, 4) is 0 Å². The van der Waals surface area contributed by atoms with Gasteiger partial charge in [0.2, 0.25) is 11.8 Å². The minimum Gasteiger partial charge on any atom is -0.342 e. The maximum Gasteiger partial charge on any atom is 0.227 e. The number of hydrogen-bond acceptors (Lipinski definition) is 2. The van der Waals surface area contributed by atoms with E-state index in [4.69, 9.17) is 0 Å². The molecule has 3 atom stereocenters. The Labute approximate surface area is 148 Å². The van der Waals surface area contributed by atoms with Gasteiger partial charge in [0, 0.05) is 32.1 Å². The molecule has 2 aliphatic heterocycles. The largest absolute Gasteiger partial charge is 0.342 e. The first kappa shape index (κ1) is 16.6. The molecule has 25 heavy (non-hydrogen) atoms. The highest BCUT2D eigenvalue weighted by molar-refractivity contribution is 5.85. The van der Waals surface area contributed by atoms with E-state index in [1.54, 1.807) is 6.07 Å². The number of likely N-dealkylation sites (tertiary alicyclic amines) is 2. The third-order valence-corrected chi connectivity index (χ3v) is 5.88. The molecule has 2 amide bonds. The molecule has 0 aromatic heterocycles. The van der Waals surface area contributed by atoms with E-state index in [0.717, 1.165) is 57.3 Å². The predicted octanol–water partition coefficient (Wildman–Crippen LogP) is 2.79. The Morgan fingerprint density at radius 1 is 1.00 bits per heavy atom. The van der Waals surface area contributed by atoms with Gasteiger partial charge in [-0.1, -0.05) is 12.1 Å². The Kier molecular flexibility index (Phi) is 4.48. The minimum atomic E-state index is -0.246. The fraction of sp³-hybridized carbons (Fsp3) is 0.600. The number of carbonyl (C=O) groups excluding carboxylic acids is 2. The van der Waals surface area contributed by atoms with Crippen molar-refractivity contribution in [2.45, 2.75) is 38.0 Å². The van der Waals surface area contributed by atoms with Gasteiger partial charge in [0.25, 0.3) is 0 Å². The molecular weight excluding hydrogens is 319 g/mol. The lowest BCUT2D eigenvalue weighted by atomic mass is 9.96. The fourth-order valence-corrected chi connectivity index (χ4v) is 4.38. The second-order valence-corrected chi connectivity index (χ2v) is 7.66. The molecule has 0 bridgehead atoms. The highest BCUT2D eigenvalue weighted by Gasteiger charge is 2.47. The van der Waals surface area contributed by atoms with Crippen molar-refractivity contribution in [1.29, 1.82) is 0 Å². The molecule has 4 rings (SSSR count). The number of piperidine rings is 1. The van der Waals surface area contributed by atoms with Crippen LogP contribution in [-0.4, -0.2) is 47.8 Å².